The minimum absolute atomic E-state index is 0.413. The molecule has 0 saturated carbocycles. The number of hydrogen-bond donors (Lipinski definition) is 2. The molecule has 1 aromatic carbocycles. The first-order valence-corrected chi connectivity index (χ1v) is 7.85. The zero-order valence-electron chi connectivity index (χ0n) is 13.2. The normalized spacial score (nSPS) is 12.7. The van der Waals surface area contributed by atoms with Crippen LogP contribution < -0.4 is 16.2 Å². The van der Waals surface area contributed by atoms with Gasteiger partial charge >= 0.3 is 0 Å². The van der Waals surface area contributed by atoms with Crippen molar-refractivity contribution in [3.05, 3.63) is 29.3 Å². The average molecular weight is 278 g/mol. The lowest BCUT2D eigenvalue weighted by molar-refractivity contribution is 0.339. The Labute approximate surface area is 123 Å². The van der Waals surface area contributed by atoms with Gasteiger partial charge in [-0.1, -0.05) is 19.9 Å². The molecule has 1 rings (SSSR count). The van der Waals surface area contributed by atoms with Gasteiger partial charge < -0.3 is 16.2 Å². The molecule has 1 aromatic rings. The van der Waals surface area contributed by atoms with E-state index in [2.05, 4.69) is 32.0 Å². The Morgan fingerprint density at radius 2 is 1.80 bits per heavy atom. The summed E-state index contributed by atoms with van der Waals surface area (Å²) < 4.78 is 5.60. The second kappa shape index (κ2) is 8.98. The lowest BCUT2D eigenvalue weighted by Crippen LogP contribution is -2.25. The molecule has 4 N–H and O–H groups in total. The van der Waals surface area contributed by atoms with Crippen molar-refractivity contribution in [3.8, 4) is 5.75 Å². The summed E-state index contributed by atoms with van der Waals surface area (Å²) in [5.41, 5.74) is 14.4. The molecule has 0 aliphatic heterocycles. The van der Waals surface area contributed by atoms with E-state index in [0.717, 1.165) is 25.0 Å². The molecule has 0 radical (unpaired) electrons. The standard InChI is InChI=1S/C17H30N2O/c1-4-14(9-13(11-18)12-19)17-8-7-16(20-6-3)10-15(17)5-2/h7-8,10,13-14H,4-6,9,11-12,18-19H2,1-3H3. The highest BCUT2D eigenvalue weighted by molar-refractivity contribution is 5.38. The third-order valence-corrected chi connectivity index (χ3v) is 4.02. The Hall–Kier alpha value is -1.06. The Balaban J connectivity index is 2.96. The molecule has 0 aliphatic carbocycles. The molecule has 3 nitrogen and oxygen atoms in total. The van der Waals surface area contributed by atoms with Crippen LogP contribution in [0.15, 0.2) is 18.2 Å². The van der Waals surface area contributed by atoms with Crippen molar-refractivity contribution in [1.82, 2.24) is 0 Å². The van der Waals surface area contributed by atoms with Crippen LogP contribution in [0.3, 0.4) is 0 Å². The SMILES string of the molecule is CCOc1ccc(C(CC)CC(CN)CN)c(CC)c1. The zero-order chi connectivity index (χ0) is 15.0. The molecule has 0 bridgehead atoms. The smallest absolute Gasteiger partial charge is 0.119 e. The van der Waals surface area contributed by atoms with Gasteiger partial charge in [-0.15, -0.1) is 0 Å². The lowest BCUT2D eigenvalue weighted by Gasteiger charge is -2.23. The maximum absolute atomic E-state index is 5.80. The third kappa shape index (κ3) is 4.50. The van der Waals surface area contributed by atoms with Gasteiger partial charge in [0.15, 0.2) is 0 Å². The van der Waals surface area contributed by atoms with Crippen LogP contribution in [0.4, 0.5) is 0 Å². The van der Waals surface area contributed by atoms with Crippen molar-refractivity contribution in [1.29, 1.82) is 0 Å². The fraction of sp³-hybridized carbons (Fsp3) is 0.647. The molecule has 0 aromatic heterocycles. The average Bonchev–Trinajstić information content (AvgIpc) is 2.49. The number of aryl methyl sites for hydroxylation is 1. The highest BCUT2D eigenvalue weighted by atomic mass is 16.5. The second-order valence-corrected chi connectivity index (χ2v) is 5.33. The minimum atomic E-state index is 0.413. The molecule has 0 saturated heterocycles. The summed E-state index contributed by atoms with van der Waals surface area (Å²) in [6.07, 6.45) is 3.23. The highest BCUT2D eigenvalue weighted by Gasteiger charge is 2.17. The van der Waals surface area contributed by atoms with Gasteiger partial charge in [0.05, 0.1) is 6.61 Å². The first-order valence-electron chi connectivity index (χ1n) is 7.85. The molecule has 20 heavy (non-hydrogen) atoms. The van der Waals surface area contributed by atoms with Gasteiger partial charge in [0.1, 0.15) is 5.75 Å². The van der Waals surface area contributed by atoms with Crippen molar-refractivity contribution in [2.24, 2.45) is 17.4 Å². The summed E-state index contributed by atoms with van der Waals surface area (Å²) in [5.74, 6) is 1.92. The quantitative estimate of drug-likeness (QED) is 0.730. The van der Waals surface area contributed by atoms with Crippen LogP contribution in [0, 0.1) is 5.92 Å². The molecule has 1 atom stereocenters. The summed E-state index contributed by atoms with van der Waals surface area (Å²) in [4.78, 5) is 0. The monoisotopic (exact) mass is 278 g/mol. The Kier molecular flexibility index (Phi) is 7.63. The maximum atomic E-state index is 5.80. The molecule has 3 heteroatoms. The zero-order valence-corrected chi connectivity index (χ0v) is 13.2. The van der Waals surface area contributed by atoms with E-state index in [-0.39, 0.29) is 0 Å². The van der Waals surface area contributed by atoms with E-state index in [0.29, 0.717) is 31.5 Å². The van der Waals surface area contributed by atoms with Crippen molar-refractivity contribution >= 4 is 0 Å². The van der Waals surface area contributed by atoms with Crippen molar-refractivity contribution < 1.29 is 4.74 Å². The summed E-state index contributed by atoms with van der Waals surface area (Å²) in [6, 6.07) is 6.49. The fourth-order valence-corrected chi connectivity index (χ4v) is 2.75. The van der Waals surface area contributed by atoms with Crippen molar-refractivity contribution in [2.75, 3.05) is 19.7 Å². The number of ether oxygens (including phenoxy) is 1. The second-order valence-electron chi connectivity index (χ2n) is 5.33. The molecule has 0 fully saturated rings. The predicted molar refractivity (Wildman–Crippen MR) is 86.2 cm³/mol. The molecular formula is C17H30N2O. The molecule has 0 spiro atoms. The molecule has 0 aliphatic rings. The predicted octanol–water partition coefficient (Wildman–Crippen LogP) is 3.07. The Morgan fingerprint density at radius 3 is 2.30 bits per heavy atom. The Bertz CT molecular complexity index is 389. The first kappa shape index (κ1) is 17.0. The summed E-state index contributed by atoms with van der Waals surface area (Å²) in [7, 11) is 0. The fourth-order valence-electron chi connectivity index (χ4n) is 2.75. The molecule has 114 valence electrons. The van der Waals surface area contributed by atoms with Gasteiger partial charge in [0.2, 0.25) is 0 Å². The summed E-state index contributed by atoms with van der Waals surface area (Å²) >= 11 is 0. The van der Waals surface area contributed by atoms with Crippen molar-refractivity contribution in [2.45, 2.75) is 46.0 Å². The van der Waals surface area contributed by atoms with E-state index in [1.54, 1.807) is 0 Å². The number of hydrogen-bond acceptors (Lipinski definition) is 3. The van der Waals surface area contributed by atoms with Crippen LogP contribution in [-0.4, -0.2) is 19.7 Å². The van der Waals surface area contributed by atoms with E-state index in [1.165, 1.54) is 11.1 Å². The van der Waals surface area contributed by atoms with Crippen LogP contribution in [0.5, 0.6) is 5.75 Å². The van der Waals surface area contributed by atoms with E-state index in [4.69, 9.17) is 16.2 Å². The van der Waals surface area contributed by atoms with Crippen molar-refractivity contribution in [3.63, 3.8) is 0 Å². The largest absolute Gasteiger partial charge is 0.494 e. The Morgan fingerprint density at radius 1 is 1.10 bits per heavy atom. The summed E-state index contributed by atoms with van der Waals surface area (Å²) in [6.45, 7) is 8.51. The van der Waals surface area contributed by atoms with E-state index in [1.807, 2.05) is 6.92 Å². The van der Waals surface area contributed by atoms with Gasteiger partial charge in [0.25, 0.3) is 0 Å². The van der Waals surface area contributed by atoms with E-state index >= 15 is 0 Å². The molecule has 0 heterocycles. The van der Waals surface area contributed by atoms with Crippen LogP contribution in [0.1, 0.15) is 50.7 Å². The molecule has 0 amide bonds. The van der Waals surface area contributed by atoms with E-state index < -0.39 is 0 Å². The molecule has 1 unspecified atom stereocenters. The third-order valence-electron chi connectivity index (χ3n) is 4.02. The number of benzene rings is 1. The highest BCUT2D eigenvalue weighted by Crippen LogP contribution is 2.31. The number of nitrogens with two attached hydrogens (primary N) is 2. The van der Waals surface area contributed by atoms with Gasteiger partial charge in [-0.3, -0.25) is 0 Å². The van der Waals surface area contributed by atoms with Gasteiger partial charge in [-0.2, -0.15) is 0 Å². The minimum Gasteiger partial charge on any atom is -0.494 e. The number of rotatable bonds is 9. The van der Waals surface area contributed by atoms with E-state index in [9.17, 15) is 0 Å². The first-order chi connectivity index (χ1) is 9.69. The van der Waals surface area contributed by atoms with Gasteiger partial charge in [-0.05, 0) is 74.4 Å². The lowest BCUT2D eigenvalue weighted by atomic mass is 9.84. The van der Waals surface area contributed by atoms with Crippen LogP contribution in [0.25, 0.3) is 0 Å². The molecular weight excluding hydrogens is 248 g/mol. The van der Waals surface area contributed by atoms with Crippen LogP contribution in [-0.2, 0) is 6.42 Å². The summed E-state index contributed by atoms with van der Waals surface area (Å²) in [5, 5.41) is 0. The van der Waals surface area contributed by atoms with Crippen LogP contribution in [0.2, 0.25) is 0 Å². The maximum Gasteiger partial charge on any atom is 0.119 e. The van der Waals surface area contributed by atoms with Gasteiger partial charge in [-0.25, -0.2) is 0 Å². The van der Waals surface area contributed by atoms with Crippen LogP contribution >= 0.6 is 0 Å². The topological polar surface area (TPSA) is 61.3 Å². The van der Waals surface area contributed by atoms with Gasteiger partial charge in [0, 0.05) is 0 Å².